The molecular formula is C24H34N2O4. The van der Waals surface area contributed by atoms with E-state index < -0.39 is 17.7 Å². The van der Waals surface area contributed by atoms with Gasteiger partial charge < -0.3 is 15.2 Å². The second-order valence-electron chi connectivity index (χ2n) is 8.85. The largest absolute Gasteiger partial charge is 0.480 e. The summed E-state index contributed by atoms with van der Waals surface area (Å²) < 4.78 is 5.24. The van der Waals surface area contributed by atoms with Crippen molar-refractivity contribution in [3.8, 4) is 0 Å². The molecule has 2 aromatic rings. The van der Waals surface area contributed by atoms with Crippen LogP contribution >= 0.6 is 0 Å². The molecule has 2 aromatic carbocycles. The number of hydrogen-bond donors (Lipinski definition) is 2. The molecule has 30 heavy (non-hydrogen) atoms. The van der Waals surface area contributed by atoms with E-state index in [1.165, 1.54) is 0 Å². The molecule has 0 radical (unpaired) electrons. The molecule has 1 amide bonds. The number of hydrogen-bond acceptors (Lipinski definition) is 4. The molecule has 2 N–H and O–H groups in total. The number of carbonyl (C=O) groups excluding carboxylic acids is 1. The average Bonchev–Trinajstić information content (AvgIpc) is 2.64. The molecule has 164 valence electrons. The Hall–Kier alpha value is -2.60. The number of nitrogens with one attached hydrogen (secondary N) is 1. The molecule has 0 aromatic heterocycles. The summed E-state index contributed by atoms with van der Waals surface area (Å²) in [6.07, 6.45) is 1.26. The molecule has 0 bridgehead atoms. The molecule has 1 unspecified atom stereocenters. The van der Waals surface area contributed by atoms with Crippen molar-refractivity contribution in [2.75, 3.05) is 19.6 Å². The van der Waals surface area contributed by atoms with Crippen LogP contribution < -0.4 is 5.32 Å². The highest BCUT2D eigenvalue weighted by atomic mass is 16.6. The van der Waals surface area contributed by atoms with E-state index in [4.69, 9.17) is 4.74 Å². The van der Waals surface area contributed by atoms with Crippen LogP contribution in [-0.4, -0.2) is 47.3 Å². The second-order valence-corrected chi connectivity index (χ2v) is 8.85. The van der Waals surface area contributed by atoms with Crippen molar-refractivity contribution in [3.05, 3.63) is 48.0 Å². The van der Waals surface area contributed by atoms with Gasteiger partial charge in [0.15, 0.2) is 0 Å². The molecular weight excluding hydrogens is 380 g/mol. The Morgan fingerprint density at radius 1 is 1.10 bits per heavy atom. The number of fused-ring (bicyclic) bond motifs is 1. The van der Waals surface area contributed by atoms with Crippen molar-refractivity contribution in [1.82, 2.24) is 10.2 Å². The molecule has 2 rings (SSSR count). The van der Waals surface area contributed by atoms with Gasteiger partial charge in [-0.15, -0.1) is 0 Å². The zero-order chi connectivity index (χ0) is 22.1. The highest BCUT2D eigenvalue weighted by Gasteiger charge is 2.17. The molecule has 0 aliphatic rings. The Kier molecular flexibility index (Phi) is 8.66. The Bertz CT molecular complexity index is 839. The van der Waals surface area contributed by atoms with Crippen LogP contribution in [0, 0.1) is 5.92 Å². The standard InChI is InChI=1S/C24H34N2O4/c1-18(12-14-25-23(29)30-24(2,3)4)13-15-26(17-22(27)28)16-20-10-7-9-19-8-5-6-11-21(19)20/h5-11,18H,12-17H2,1-4H3,(H,25,29)(H,27,28). The number of carboxylic acid groups (broad SMARTS) is 1. The van der Waals surface area contributed by atoms with Crippen LogP contribution in [0.1, 0.15) is 46.1 Å². The number of amides is 1. The summed E-state index contributed by atoms with van der Waals surface area (Å²) >= 11 is 0. The minimum absolute atomic E-state index is 0.00605. The van der Waals surface area contributed by atoms with Crippen molar-refractivity contribution in [2.24, 2.45) is 5.92 Å². The topological polar surface area (TPSA) is 78.9 Å². The Labute approximate surface area is 179 Å². The zero-order valence-corrected chi connectivity index (χ0v) is 18.5. The smallest absolute Gasteiger partial charge is 0.407 e. The summed E-state index contributed by atoms with van der Waals surface area (Å²) in [5, 5.41) is 14.4. The number of alkyl carbamates (subject to hydrolysis) is 1. The predicted molar refractivity (Wildman–Crippen MR) is 119 cm³/mol. The van der Waals surface area contributed by atoms with E-state index >= 15 is 0 Å². The molecule has 0 aliphatic carbocycles. The fraction of sp³-hybridized carbons (Fsp3) is 0.500. The molecule has 6 heteroatoms. The summed E-state index contributed by atoms with van der Waals surface area (Å²) in [6, 6.07) is 14.3. The van der Waals surface area contributed by atoms with Crippen LogP contribution in [0.5, 0.6) is 0 Å². The van der Waals surface area contributed by atoms with Gasteiger partial charge in [0.1, 0.15) is 5.60 Å². The average molecular weight is 415 g/mol. The SMILES string of the molecule is CC(CCNC(=O)OC(C)(C)C)CCN(CC(=O)O)Cc1cccc2ccccc12. The molecule has 0 spiro atoms. The summed E-state index contributed by atoms with van der Waals surface area (Å²) in [4.78, 5) is 25.1. The third kappa shape index (κ3) is 8.41. The van der Waals surface area contributed by atoms with Gasteiger partial charge in [0.05, 0.1) is 6.54 Å². The highest BCUT2D eigenvalue weighted by molar-refractivity contribution is 5.85. The van der Waals surface area contributed by atoms with Crippen LogP contribution in [0.15, 0.2) is 42.5 Å². The second kappa shape index (κ2) is 11.0. The number of rotatable bonds is 10. The summed E-state index contributed by atoms with van der Waals surface area (Å²) in [5.41, 5.74) is 0.628. The number of benzene rings is 2. The van der Waals surface area contributed by atoms with Crippen molar-refractivity contribution in [3.63, 3.8) is 0 Å². The maximum atomic E-state index is 11.7. The van der Waals surface area contributed by atoms with Gasteiger partial charge in [0.2, 0.25) is 0 Å². The lowest BCUT2D eigenvalue weighted by Gasteiger charge is -2.23. The third-order valence-corrected chi connectivity index (χ3v) is 4.88. The monoisotopic (exact) mass is 414 g/mol. The lowest BCUT2D eigenvalue weighted by atomic mass is 10.0. The number of nitrogens with zero attached hydrogens (tertiary/aromatic N) is 1. The predicted octanol–water partition coefficient (Wildman–Crippen LogP) is 4.67. The van der Waals surface area contributed by atoms with Gasteiger partial charge in [-0.25, -0.2) is 4.79 Å². The molecule has 0 saturated heterocycles. The van der Waals surface area contributed by atoms with Gasteiger partial charge in [0, 0.05) is 13.1 Å². The van der Waals surface area contributed by atoms with Gasteiger partial charge in [0.25, 0.3) is 0 Å². The van der Waals surface area contributed by atoms with E-state index in [9.17, 15) is 14.7 Å². The van der Waals surface area contributed by atoms with Gasteiger partial charge in [-0.1, -0.05) is 49.4 Å². The van der Waals surface area contributed by atoms with E-state index in [0.717, 1.165) is 29.2 Å². The molecule has 0 heterocycles. The Morgan fingerprint density at radius 3 is 2.50 bits per heavy atom. The van der Waals surface area contributed by atoms with Gasteiger partial charge >= 0.3 is 12.1 Å². The van der Waals surface area contributed by atoms with E-state index in [1.54, 1.807) is 0 Å². The molecule has 0 saturated carbocycles. The fourth-order valence-corrected chi connectivity index (χ4v) is 3.36. The van der Waals surface area contributed by atoms with E-state index in [-0.39, 0.29) is 6.54 Å². The van der Waals surface area contributed by atoms with Crippen molar-refractivity contribution in [2.45, 2.75) is 52.7 Å². The number of ether oxygens (including phenoxy) is 1. The lowest BCUT2D eigenvalue weighted by Crippen LogP contribution is -2.34. The van der Waals surface area contributed by atoms with Gasteiger partial charge in [-0.3, -0.25) is 9.69 Å². The van der Waals surface area contributed by atoms with E-state index in [2.05, 4.69) is 36.5 Å². The molecule has 1 atom stereocenters. The van der Waals surface area contributed by atoms with Crippen LogP contribution in [0.4, 0.5) is 4.79 Å². The summed E-state index contributed by atoms with van der Waals surface area (Å²) in [5.74, 6) is -0.474. The van der Waals surface area contributed by atoms with Crippen LogP contribution in [0.3, 0.4) is 0 Å². The maximum absolute atomic E-state index is 11.7. The van der Waals surface area contributed by atoms with Gasteiger partial charge in [-0.2, -0.15) is 0 Å². The van der Waals surface area contributed by atoms with Crippen molar-refractivity contribution < 1.29 is 19.4 Å². The van der Waals surface area contributed by atoms with Gasteiger partial charge in [-0.05, 0) is 62.4 Å². The minimum Gasteiger partial charge on any atom is -0.480 e. The molecule has 0 fully saturated rings. The lowest BCUT2D eigenvalue weighted by molar-refractivity contribution is -0.138. The first kappa shape index (κ1) is 23.7. The highest BCUT2D eigenvalue weighted by Crippen LogP contribution is 2.20. The Morgan fingerprint density at radius 2 is 1.80 bits per heavy atom. The van der Waals surface area contributed by atoms with Crippen LogP contribution in [0.25, 0.3) is 10.8 Å². The third-order valence-electron chi connectivity index (χ3n) is 4.88. The molecule has 0 aliphatic heterocycles. The normalized spacial score (nSPS) is 12.7. The zero-order valence-electron chi connectivity index (χ0n) is 18.5. The minimum atomic E-state index is -0.825. The molecule has 6 nitrogen and oxygen atoms in total. The van der Waals surface area contributed by atoms with Crippen LogP contribution in [-0.2, 0) is 16.1 Å². The fourth-order valence-electron chi connectivity index (χ4n) is 3.36. The summed E-state index contributed by atoms with van der Waals surface area (Å²) in [7, 11) is 0. The van der Waals surface area contributed by atoms with E-state index in [0.29, 0.717) is 25.6 Å². The van der Waals surface area contributed by atoms with Crippen molar-refractivity contribution >= 4 is 22.8 Å². The maximum Gasteiger partial charge on any atom is 0.407 e. The number of carbonyl (C=O) groups is 2. The summed E-state index contributed by atoms with van der Waals surface area (Å²) in [6.45, 7) is 9.45. The number of carboxylic acids is 1. The quantitative estimate of drug-likeness (QED) is 0.591. The van der Waals surface area contributed by atoms with E-state index in [1.807, 2.05) is 43.9 Å². The first-order valence-corrected chi connectivity index (χ1v) is 10.5. The first-order chi connectivity index (χ1) is 14.1. The van der Waals surface area contributed by atoms with Crippen LogP contribution in [0.2, 0.25) is 0 Å². The number of aliphatic carboxylic acids is 1. The first-order valence-electron chi connectivity index (χ1n) is 10.5. The van der Waals surface area contributed by atoms with Crippen molar-refractivity contribution in [1.29, 1.82) is 0 Å². The Balaban J connectivity index is 1.87.